The van der Waals surface area contributed by atoms with E-state index in [9.17, 15) is 0 Å². The third kappa shape index (κ3) is 4.35. The number of aryl methyl sites for hydroxylation is 4. The van der Waals surface area contributed by atoms with E-state index >= 15 is 0 Å². The largest absolute Gasteiger partial charge is 0.343 e. The Morgan fingerprint density at radius 2 is 0.733 bits per heavy atom. The van der Waals surface area contributed by atoms with E-state index in [0.717, 1.165) is 25.7 Å². The van der Waals surface area contributed by atoms with Crippen molar-refractivity contribution in [3.05, 3.63) is 156 Å². The lowest BCUT2D eigenvalue weighted by atomic mass is 10.0. The zero-order valence-electron chi connectivity index (χ0n) is 25.3. The van der Waals surface area contributed by atoms with Crippen LogP contribution in [0.4, 0.5) is 45.5 Å². The van der Waals surface area contributed by atoms with Crippen LogP contribution in [0.2, 0.25) is 0 Å². The first-order valence-electron chi connectivity index (χ1n) is 15.8. The lowest BCUT2D eigenvalue weighted by Gasteiger charge is -2.33. The minimum atomic E-state index is 1.05. The van der Waals surface area contributed by atoms with Crippen LogP contribution in [0.25, 0.3) is 0 Å². The molecule has 0 spiro atoms. The predicted molar refractivity (Wildman–Crippen MR) is 189 cm³/mol. The summed E-state index contributed by atoms with van der Waals surface area (Å²) in [5, 5.41) is 0. The molecule has 6 aromatic rings. The van der Waals surface area contributed by atoms with Gasteiger partial charge in [0, 0.05) is 51.0 Å². The predicted octanol–water partition coefficient (Wildman–Crippen LogP) is 11.1. The standard InChI is InChI=1S/C41H33N3S/c1-42-38-24-22-32(43-34-14-6-2-10-28(34)18-19-29-11-3-7-15-35(29)43)26-40(38)45-41-27-33(23-25-39(41)42)44-36-16-8-4-12-30(36)20-21-31-13-5-9-17-37(31)44/h2-17,22-27H,18-21H2,1H3. The van der Waals surface area contributed by atoms with Gasteiger partial charge in [0.1, 0.15) is 0 Å². The minimum Gasteiger partial charge on any atom is -0.343 e. The molecule has 6 aromatic carbocycles. The van der Waals surface area contributed by atoms with Gasteiger partial charge in [-0.3, -0.25) is 0 Å². The number of para-hydroxylation sites is 4. The highest BCUT2D eigenvalue weighted by Crippen LogP contribution is 2.52. The average Bonchev–Trinajstić information content (AvgIpc) is 3.36. The maximum atomic E-state index is 2.47. The van der Waals surface area contributed by atoms with Gasteiger partial charge in [-0.1, -0.05) is 84.6 Å². The van der Waals surface area contributed by atoms with E-state index in [0.29, 0.717) is 0 Å². The van der Waals surface area contributed by atoms with Gasteiger partial charge in [-0.25, -0.2) is 0 Å². The number of anilines is 8. The van der Waals surface area contributed by atoms with E-state index in [-0.39, 0.29) is 0 Å². The second-order valence-electron chi connectivity index (χ2n) is 12.2. The van der Waals surface area contributed by atoms with E-state index in [4.69, 9.17) is 0 Å². The molecule has 3 heterocycles. The van der Waals surface area contributed by atoms with E-state index in [2.05, 4.69) is 155 Å². The van der Waals surface area contributed by atoms with E-state index in [1.165, 1.54) is 77.5 Å². The molecule has 0 aromatic heterocycles. The quantitative estimate of drug-likeness (QED) is 0.196. The minimum absolute atomic E-state index is 1.05. The Bertz CT molecular complexity index is 1860. The molecule has 0 amide bonds. The summed E-state index contributed by atoms with van der Waals surface area (Å²) in [7, 11) is 2.20. The highest BCUT2D eigenvalue weighted by molar-refractivity contribution is 7.99. The molecule has 45 heavy (non-hydrogen) atoms. The SMILES string of the molecule is CN1c2ccc(N3c4ccccc4CCc4ccccc43)cc2Sc2cc(N3c4ccccc4CCc4ccccc43)ccc21. The van der Waals surface area contributed by atoms with Crippen LogP contribution < -0.4 is 14.7 Å². The summed E-state index contributed by atoms with van der Waals surface area (Å²) in [6, 6.07) is 49.5. The zero-order chi connectivity index (χ0) is 29.9. The average molecular weight is 600 g/mol. The van der Waals surface area contributed by atoms with E-state index in [1.807, 2.05) is 11.8 Å². The van der Waals surface area contributed by atoms with Gasteiger partial charge in [0.05, 0.1) is 11.4 Å². The fraction of sp³-hybridized carbons (Fsp3) is 0.122. The number of fused-ring (bicyclic) bond motifs is 6. The molecule has 218 valence electrons. The molecular weight excluding hydrogens is 567 g/mol. The van der Waals surface area contributed by atoms with Crippen molar-refractivity contribution in [2.45, 2.75) is 35.5 Å². The molecule has 4 heteroatoms. The van der Waals surface area contributed by atoms with Crippen molar-refractivity contribution in [1.82, 2.24) is 0 Å². The number of rotatable bonds is 2. The van der Waals surface area contributed by atoms with Gasteiger partial charge in [0.25, 0.3) is 0 Å². The van der Waals surface area contributed by atoms with Crippen molar-refractivity contribution in [1.29, 1.82) is 0 Å². The van der Waals surface area contributed by atoms with Gasteiger partial charge in [-0.05, 0) is 109 Å². The summed E-state index contributed by atoms with van der Waals surface area (Å²) in [5.74, 6) is 0. The van der Waals surface area contributed by atoms with Crippen LogP contribution in [0.15, 0.2) is 143 Å². The van der Waals surface area contributed by atoms with Crippen LogP contribution in [0.1, 0.15) is 22.3 Å². The lowest BCUT2D eigenvalue weighted by molar-refractivity contribution is 0.977. The molecule has 0 bridgehead atoms. The van der Waals surface area contributed by atoms with Crippen molar-refractivity contribution in [2.75, 3.05) is 21.7 Å². The van der Waals surface area contributed by atoms with Crippen molar-refractivity contribution in [3.8, 4) is 0 Å². The maximum absolute atomic E-state index is 2.47. The van der Waals surface area contributed by atoms with Crippen molar-refractivity contribution in [3.63, 3.8) is 0 Å². The van der Waals surface area contributed by atoms with Gasteiger partial charge < -0.3 is 14.7 Å². The Labute approximate surface area is 269 Å². The Hall–Kier alpha value is -4.93. The van der Waals surface area contributed by atoms with Gasteiger partial charge in [0.15, 0.2) is 0 Å². The highest BCUT2D eigenvalue weighted by atomic mass is 32.2. The van der Waals surface area contributed by atoms with E-state index < -0.39 is 0 Å². The summed E-state index contributed by atoms with van der Waals surface area (Å²) in [6.45, 7) is 0. The van der Waals surface area contributed by atoms with Crippen LogP contribution in [0.3, 0.4) is 0 Å². The third-order valence-corrected chi connectivity index (χ3v) is 10.7. The monoisotopic (exact) mass is 599 g/mol. The van der Waals surface area contributed by atoms with Crippen LogP contribution in [0, 0.1) is 0 Å². The van der Waals surface area contributed by atoms with E-state index in [1.54, 1.807) is 0 Å². The zero-order valence-corrected chi connectivity index (χ0v) is 26.1. The molecule has 9 rings (SSSR count). The number of nitrogens with zero attached hydrogens (tertiary/aromatic N) is 3. The molecule has 0 aliphatic carbocycles. The molecule has 0 radical (unpaired) electrons. The summed E-state index contributed by atoms with van der Waals surface area (Å²) < 4.78 is 0. The molecule has 3 aliphatic heterocycles. The summed E-state index contributed by atoms with van der Waals surface area (Å²) in [5.41, 5.74) is 15.6. The Balaban J connectivity index is 1.15. The number of benzene rings is 6. The second-order valence-corrected chi connectivity index (χ2v) is 13.2. The van der Waals surface area contributed by atoms with Crippen LogP contribution in [-0.4, -0.2) is 7.05 Å². The maximum Gasteiger partial charge on any atom is 0.0551 e. The number of hydrogen-bond acceptors (Lipinski definition) is 4. The fourth-order valence-corrected chi connectivity index (χ4v) is 8.58. The smallest absolute Gasteiger partial charge is 0.0551 e. The molecule has 0 N–H and O–H groups in total. The molecule has 0 saturated carbocycles. The van der Waals surface area contributed by atoms with Crippen molar-refractivity contribution < 1.29 is 0 Å². The molecular formula is C41H33N3S. The lowest BCUT2D eigenvalue weighted by Crippen LogP contribution is -2.17. The normalized spacial score (nSPS) is 14.6. The Kier molecular flexibility index (Phi) is 6.24. The Morgan fingerprint density at radius 3 is 1.09 bits per heavy atom. The van der Waals surface area contributed by atoms with Crippen LogP contribution in [-0.2, 0) is 25.7 Å². The summed E-state index contributed by atoms with van der Waals surface area (Å²) >= 11 is 1.88. The summed E-state index contributed by atoms with van der Waals surface area (Å²) in [6.07, 6.45) is 4.19. The van der Waals surface area contributed by atoms with Crippen molar-refractivity contribution in [2.24, 2.45) is 0 Å². The van der Waals surface area contributed by atoms with Gasteiger partial charge in [-0.2, -0.15) is 0 Å². The van der Waals surface area contributed by atoms with Gasteiger partial charge in [0.2, 0.25) is 0 Å². The fourth-order valence-electron chi connectivity index (χ4n) is 7.37. The first-order chi connectivity index (χ1) is 22.2. The van der Waals surface area contributed by atoms with Gasteiger partial charge >= 0.3 is 0 Å². The Morgan fingerprint density at radius 1 is 0.400 bits per heavy atom. The topological polar surface area (TPSA) is 9.72 Å². The molecule has 0 atom stereocenters. The van der Waals surface area contributed by atoms with Crippen LogP contribution in [0.5, 0.6) is 0 Å². The van der Waals surface area contributed by atoms with Crippen LogP contribution >= 0.6 is 11.8 Å². The summed E-state index contributed by atoms with van der Waals surface area (Å²) in [4.78, 5) is 9.83. The molecule has 0 fully saturated rings. The van der Waals surface area contributed by atoms with Crippen molar-refractivity contribution >= 4 is 57.3 Å². The first kappa shape index (κ1) is 26.5. The molecule has 0 saturated heterocycles. The second kappa shape index (κ2) is 10.6. The molecule has 3 nitrogen and oxygen atoms in total. The highest BCUT2D eigenvalue weighted by Gasteiger charge is 2.28. The third-order valence-electron chi connectivity index (χ3n) is 9.60. The van der Waals surface area contributed by atoms with Gasteiger partial charge in [-0.15, -0.1) is 0 Å². The first-order valence-corrected chi connectivity index (χ1v) is 16.7. The number of hydrogen-bond donors (Lipinski definition) is 0. The molecule has 0 unspecified atom stereocenters. The molecule has 3 aliphatic rings.